The first-order chi connectivity index (χ1) is 13.1. The summed E-state index contributed by atoms with van der Waals surface area (Å²) < 4.78 is 5.59. The summed E-state index contributed by atoms with van der Waals surface area (Å²) in [6.45, 7) is 0. The molecule has 0 unspecified atom stereocenters. The predicted molar refractivity (Wildman–Crippen MR) is 101 cm³/mol. The van der Waals surface area contributed by atoms with E-state index in [-0.39, 0.29) is 11.6 Å². The van der Waals surface area contributed by atoms with E-state index in [0.717, 1.165) is 5.56 Å². The molecule has 0 aliphatic rings. The minimum absolute atomic E-state index is 0.00945. The molecule has 3 aromatic rings. The van der Waals surface area contributed by atoms with E-state index in [2.05, 4.69) is 10.5 Å². The summed E-state index contributed by atoms with van der Waals surface area (Å²) in [5.41, 5.74) is 4.13. The Morgan fingerprint density at radius 3 is 2.70 bits per heavy atom. The molecule has 1 amide bonds. The summed E-state index contributed by atoms with van der Waals surface area (Å²) in [7, 11) is 0. The molecule has 0 atom stereocenters. The maximum atomic E-state index is 11.8. The minimum Gasteiger partial charge on any atom is -0.455 e. The van der Waals surface area contributed by atoms with Crippen LogP contribution in [0.4, 0.5) is 5.69 Å². The van der Waals surface area contributed by atoms with Crippen LogP contribution < -0.4 is 5.43 Å². The molecule has 1 aromatic heterocycles. The van der Waals surface area contributed by atoms with Gasteiger partial charge in [-0.25, -0.2) is 5.43 Å². The second-order valence-corrected chi connectivity index (χ2v) is 5.79. The Balaban J connectivity index is 1.55. The first-order valence-electron chi connectivity index (χ1n) is 8.32. The van der Waals surface area contributed by atoms with Crippen LogP contribution in [0.5, 0.6) is 0 Å². The molecule has 0 fully saturated rings. The fourth-order valence-corrected chi connectivity index (χ4v) is 2.48. The topological polar surface area (TPSA) is 97.7 Å². The zero-order chi connectivity index (χ0) is 19.1. The van der Waals surface area contributed by atoms with Gasteiger partial charge < -0.3 is 4.42 Å². The highest BCUT2D eigenvalue weighted by Gasteiger charge is 2.09. The van der Waals surface area contributed by atoms with Crippen LogP contribution in [-0.2, 0) is 11.2 Å². The van der Waals surface area contributed by atoms with Crippen LogP contribution in [0.1, 0.15) is 17.7 Å². The monoisotopic (exact) mass is 363 g/mol. The van der Waals surface area contributed by atoms with Gasteiger partial charge in [-0.05, 0) is 24.1 Å². The molecule has 1 N–H and O–H groups in total. The number of hydrogen-bond acceptors (Lipinski definition) is 5. The normalized spacial score (nSPS) is 10.8. The van der Waals surface area contributed by atoms with Crippen molar-refractivity contribution in [1.82, 2.24) is 5.43 Å². The lowest BCUT2D eigenvalue weighted by Crippen LogP contribution is -2.17. The maximum Gasteiger partial charge on any atom is 0.270 e. The van der Waals surface area contributed by atoms with Gasteiger partial charge in [0.05, 0.1) is 11.1 Å². The van der Waals surface area contributed by atoms with Crippen LogP contribution in [0.15, 0.2) is 76.2 Å². The Morgan fingerprint density at radius 2 is 1.93 bits per heavy atom. The smallest absolute Gasteiger partial charge is 0.270 e. The number of carbonyl (C=O) groups is 1. The summed E-state index contributed by atoms with van der Waals surface area (Å²) in [6, 6.07) is 19.3. The average molecular weight is 363 g/mol. The van der Waals surface area contributed by atoms with Gasteiger partial charge in [0.15, 0.2) is 0 Å². The van der Waals surface area contributed by atoms with Gasteiger partial charge in [-0.2, -0.15) is 5.10 Å². The molecule has 0 aliphatic heterocycles. The highest BCUT2D eigenvalue weighted by atomic mass is 16.6. The van der Waals surface area contributed by atoms with Crippen LogP contribution in [0.3, 0.4) is 0 Å². The number of carbonyl (C=O) groups excluding carboxylic acids is 1. The highest BCUT2D eigenvalue weighted by molar-refractivity contribution is 5.81. The lowest BCUT2D eigenvalue weighted by Gasteiger charge is -2.00. The van der Waals surface area contributed by atoms with E-state index in [9.17, 15) is 14.9 Å². The Morgan fingerprint density at radius 1 is 1.11 bits per heavy atom. The maximum absolute atomic E-state index is 11.8. The number of hydrazone groups is 1. The van der Waals surface area contributed by atoms with Crippen LogP contribution in [0.2, 0.25) is 0 Å². The molecular weight excluding hydrogens is 346 g/mol. The molecule has 0 radical (unpaired) electrons. The van der Waals surface area contributed by atoms with Crippen molar-refractivity contribution in [3.63, 3.8) is 0 Å². The van der Waals surface area contributed by atoms with Gasteiger partial charge in [-0.3, -0.25) is 14.9 Å². The number of rotatable bonds is 7. The number of amides is 1. The molecule has 0 saturated heterocycles. The number of nitro groups is 1. The van der Waals surface area contributed by atoms with Crippen molar-refractivity contribution < 1.29 is 14.1 Å². The molecule has 136 valence electrons. The van der Waals surface area contributed by atoms with Gasteiger partial charge in [0.1, 0.15) is 11.5 Å². The largest absolute Gasteiger partial charge is 0.455 e. The van der Waals surface area contributed by atoms with Crippen molar-refractivity contribution in [2.75, 3.05) is 0 Å². The number of nitro benzene ring substituents is 1. The van der Waals surface area contributed by atoms with Gasteiger partial charge in [0, 0.05) is 24.1 Å². The first-order valence-corrected chi connectivity index (χ1v) is 8.32. The first kappa shape index (κ1) is 18.1. The van der Waals surface area contributed by atoms with Crippen molar-refractivity contribution in [1.29, 1.82) is 0 Å². The molecular formula is C20H17N3O4. The minimum atomic E-state index is -0.459. The number of benzene rings is 2. The summed E-state index contributed by atoms with van der Waals surface area (Å²) in [5, 5.41) is 14.7. The molecule has 0 saturated carbocycles. The van der Waals surface area contributed by atoms with E-state index in [1.54, 1.807) is 24.3 Å². The average Bonchev–Trinajstić information content (AvgIpc) is 3.16. The molecule has 0 bridgehead atoms. The molecule has 7 nitrogen and oxygen atoms in total. The fourth-order valence-electron chi connectivity index (χ4n) is 2.48. The number of aryl methyl sites for hydroxylation is 1. The van der Waals surface area contributed by atoms with Crippen molar-refractivity contribution in [2.24, 2.45) is 5.10 Å². The zero-order valence-corrected chi connectivity index (χ0v) is 14.4. The Labute approximate surface area is 155 Å². The van der Waals surface area contributed by atoms with Crippen LogP contribution in [0, 0.1) is 10.1 Å². The lowest BCUT2D eigenvalue weighted by atomic mass is 10.1. The SMILES string of the molecule is O=C(CCc1ccccc1)N/N=C/c1ccc(-c2cccc([N+](=O)[O-])c2)o1. The highest BCUT2D eigenvalue weighted by Crippen LogP contribution is 2.25. The van der Waals surface area contributed by atoms with Gasteiger partial charge in [-0.1, -0.05) is 42.5 Å². The quantitative estimate of drug-likeness (QED) is 0.390. The van der Waals surface area contributed by atoms with Gasteiger partial charge in [0.25, 0.3) is 5.69 Å². The van der Waals surface area contributed by atoms with Crippen molar-refractivity contribution in [3.8, 4) is 11.3 Å². The molecule has 3 rings (SSSR count). The van der Waals surface area contributed by atoms with E-state index in [1.165, 1.54) is 18.3 Å². The third-order valence-electron chi connectivity index (χ3n) is 3.83. The predicted octanol–water partition coefficient (Wildman–Crippen LogP) is 3.94. The second kappa shape index (κ2) is 8.57. The van der Waals surface area contributed by atoms with E-state index >= 15 is 0 Å². The number of nitrogens with one attached hydrogen (secondary N) is 1. The van der Waals surface area contributed by atoms with Gasteiger partial charge in [0.2, 0.25) is 5.91 Å². The van der Waals surface area contributed by atoms with Crippen LogP contribution >= 0.6 is 0 Å². The lowest BCUT2D eigenvalue weighted by molar-refractivity contribution is -0.384. The standard InChI is InChI=1S/C20H17N3O4/c24-20(12-9-15-5-2-1-3-6-15)22-21-14-18-10-11-19(27-18)16-7-4-8-17(13-16)23(25)26/h1-8,10-11,13-14H,9,12H2,(H,22,24)/b21-14+. The number of hydrogen-bond donors (Lipinski definition) is 1. The molecule has 7 heteroatoms. The Hall–Kier alpha value is -3.74. The van der Waals surface area contributed by atoms with Gasteiger partial charge >= 0.3 is 0 Å². The van der Waals surface area contributed by atoms with E-state index in [0.29, 0.717) is 29.9 Å². The van der Waals surface area contributed by atoms with Crippen molar-refractivity contribution in [2.45, 2.75) is 12.8 Å². The van der Waals surface area contributed by atoms with Crippen LogP contribution in [-0.4, -0.2) is 17.0 Å². The number of nitrogens with zero attached hydrogens (tertiary/aromatic N) is 2. The fraction of sp³-hybridized carbons (Fsp3) is 0.100. The van der Waals surface area contributed by atoms with Crippen molar-refractivity contribution >= 4 is 17.8 Å². The molecule has 0 spiro atoms. The van der Waals surface area contributed by atoms with E-state index in [4.69, 9.17) is 4.42 Å². The third kappa shape index (κ3) is 5.12. The van der Waals surface area contributed by atoms with E-state index in [1.807, 2.05) is 30.3 Å². The molecule has 2 aromatic carbocycles. The van der Waals surface area contributed by atoms with Gasteiger partial charge in [-0.15, -0.1) is 0 Å². The molecule has 1 heterocycles. The van der Waals surface area contributed by atoms with E-state index < -0.39 is 4.92 Å². The summed E-state index contributed by atoms with van der Waals surface area (Å²) in [5.74, 6) is 0.719. The number of furan rings is 1. The second-order valence-electron chi connectivity index (χ2n) is 5.79. The summed E-state index contributed by atoms with van der Waals surface area (Å²) >= 11 is 0. The zero-order valence-electron chi connectivity index (χ0n) is 14.4. The third-order valence-corrected chi connectivity index (χ3v) is 3.83. The Bertz CT molecular complexity index is 964. The Kier molecular flexibility index (Phi) is 5.73. The molecule has 27 heavy (non-hydrogen) atoms. The summed E-state index contributed by atoms with van der Waals surface area (Å²) in [4.78, 5) is 22.2. The summed E-state index contributed by atoms with van der Waals surface area (Å²) in [6.07, 6.45) is 2.36. The van der Waals surface area contributed by atoms with Crippen LogP contribution in [0.25, 0.3) is 11.3 Å². The molecule has 0 aliphatic carbocycles. The van der Waals surface area contributed by atoms with Crippen molar-refractivity contribution in [3.05, 3.63) is 88.2 Å². The number of non-ortho nitro benzene ring substituents is 1.